The van der Waals surface area contributed by atoms with Crippen LogP contribution in [0, 0.1) is 12.8 Å². The molecule has 0 aliphatic carbocycles. The highest BCUT2D eigenvalue weighted by Gasteiger charge is 2.31. The molecule has 1 aromatic rings. The van der Waals surface area contributed by atoms with Crippen molar-refractivity contribution < 1.29 is 18.3 Å². The first kappa shape index (κ1) is 17.2. The topological polar surface area (TPSA) is 83.5 Å². The Labute approximate surface area is 127 Å². The second-order valence-electron chi connectivity index (χ2n) is 4.69. The fourth-order valence-corrected chi connectivity index (χ4v) is 4.10. The standard InChI is InChI=1S/C12H15Cl2NO4S/c1-6(2)10(12(16)17)15-20(18,19)11-8(13)5-4-7(3)9(11)14/h4-6,10,15H,1-3H3,(H,16,17)/t10-/m0/s1. The number of nitrogens with one attached hydrogen (secondary N) is 1. The van der Waals surface area contributed by atoms with Gasteiger partial charge < -0.3 is 5.11 Å². The highest BCUT2D eigenvalue weighted by molar-refractivity contribution is 7.89. The van der Waals surface area contributed by atoms with Crippen molar-refractivity contribution in [3.8, 4) is 0 Å². The van der Waals surface area contributed by atoms with Crippen molar-refractivity contribution >= 4 is 39.2 Å². The zero-order valence-electron chi connectivity index (χ0n) is 11.1. The summed E-state index contributed by atoms with van der Waals surface area (Å²) in [6, 6.07) is 1.73. The third-order valence-electron chi connectivity index (χ3n) is 2.73. The van der Waals surface area contributed by atoms with E-state index in [9.17, 15) is 13.2 Å². The van der Waals surface area contributed by atoms with Crippen molar-refractivity contribution in [3.63, 3.8) is 0 Å². The molecule has 0 saturated carbocycles. The van der Waals surface area contributed by atoms with Gasteiger partial charge in [0.25, 0.3) is 0 Å². The Kier molecular flexibility index (Phi) is 5.43. The van der Waals surface area contributed by atoms with Crippen LogP contribution in [-0.2, 0) is 14.8 Å². The molecule has 5 nitrogen and oxygen atoms in total. The van der Waals surface area contributed by atoms with Crippen LogP contribution < -0.4 is 4.72 Å². The van der Waals surface area contributed by atoms with Crippen LogP contribution in [0.3, 0.4) is 0 Å². The summed E-state index contributed by atoms with van der Waals surface area (Å²) in [5.41, 5.74) is 0.535. The number of hydrogen-bond acceptors (Lipinski definition) is 3. The fraction of sp³-hybridized carbons (Fsp3) is 0.417. The van der Waals surface area contributed by atoms with Crippen LogP contribution in [0.5, 0.6) is 0 Å². The highest BCUT2D eigenvalue weighted by Crippen LogP contribution is 2.32. The minimum atomic E-state index is -4.13. The molecule has 1 rings (SSSR count). The molecule has 0 fully saturated rings. The molecule has 20 heavy (non-hydrogen) atoms. The summed E-state index contributed by atoms with van der Waals surface area (Å²) >= 11 is 11.9. The molecule has 1 aromatic carbocycles. The molecule has 0 spiro atoms. The summed E-state index contributed by atoms with van der Waals surface area (Å²) in [4.78, 5) is 10.8. The number of rotatable bonds is 5. The van der Waals surface area contributed by atoms with Crippen molar-refractivity contribution in [2.24, 2.45) is 5.92 Å². The van der Waals surface area contributed by atoms with Gasteiger partial charge in [-0.2, -0.15) is 4.72 Å². The number of halogens is 2. The van der Waals surface area contributed by atoms with Crippen molar-refractivity contribution in [2.75, 3.05) is 0 Å². The molecule has 2 N–H and O–H groups in total. The van der Waals surface area contributed by atoms with Crippen LogP contribution >= 0.6 is 23.2 Å². The second kappa shape index (κ2) is 6.30. The van der Waals surface area contributed by atoms with Crippen molar-refractivity contribution in [2.45, 2.75) is 31.7 Å². The van der Waals surface area contributed by atoms with E-state index in [4.69, 9.17) is 28.3 Å². The maximum absolute atomic E-state index is 12.3. The van der Waals surface area contributed by atoms with E-state index in [1.807, 2.05) is 0 Å². The third kappa shape index (κ3) is 3.63. The molecular formula is C12H15Cl2NO4S. The van der Waals surface area contributed by atoms with Crippen LogP contribution in [0.15, 0.2) is 17.0 Å². The van der Waals surface area contributed by atoms with Crippen LogP contribution in [-0.4, -0.2) is 25.5 Å². The Morgan fingerprint density at radius 2 is 1.85 bits per heavy atom. The molecular weight excluding hydrogens is 325 g/mol. The molecule has 0 bridgehead atoms. The summed E-state index contributed by atoms with van der Waals surface area (Å²) in [5.74, 6) is -1.69. The maximum Gasteiger partial charge on any atom is 0.322 e. The van der Waals surface area contributed by atoms with Crippen LogP contribution in [0.1, 0.15) is 19.4 Å². The molecule has 0 aliphatic rings. The fourth-order valence-electron chi connectivity index (χ4n) is 1.57. The normalized spacial score (nSPS) is 13.5. The molecule has 1 atom stereocenters. The number of carboxylic acids is 1. The van der Waals surface area contributed by atoms with Gasteiger partial charge in [0.15, 0.2) is 0 Å². The van der Waals surface area contributed by atoms with Gasteiger partial charge in [-0.15, -0.1) is 0 Å². The lowest BCUT2D eigenvalue weighted by molar-refractivity contribution is -0.140. The van der Waals surface area contributed by atoms with E-state index in [-0.39, 0.29) is 14.9 Å². The minimum Gasteiger partial charge on any atom is -0.480 e. The molecule has 112 valence electrons. The second-order valence-corrected chi connectivity index (χ2v) is 7.12. The first-order chi connectivity index (χ1) is 9.08. The van der Waals surface area contributed by atoms with Gasteiger partial charge in [0.05, 0.1) is 10.0 Å². The lowest BCUT2D eigenvalue weighted by Crippen LogP contribution is -2.44. The number of aliphatic carboxylic acids is 1. The summed E-state index contributed by atoms with van der Waals surface area (Å²) in [7, 11) is -4.13. The number of sulfonamides is 1. The quantitative estimate of drug-likeness (QED) is 0.863. The first-order valence-electron chi connectivity index (χ1n) is 5.77. The summed E-state index contributed by atoms with van der Waals surface area (Å²) in [5, 5.41) is 8.98. The number of aryl methyl sites for hydroxylation is 1. The summed E-state index contributed by atoms with van der Waals surface area (Å²) in [6.07, 6.45) is 0. The Morgan fingerprint density at radius 3 is 2.30 bits per heavy atom. The molecule has 0 radical (unpaired) electrons. The number of benzene rings is 1. The van der Waals surface area contributed by atoms with E-state index < -0.39 is 28.0 Å². The van der Waals surface area contributed by atoms with Gasteiger partial charge >= 0.3 is 5.97 Å². The van der Waals surface area contributed by atoms with E-state index in [2.05, 4.69) is 4.72 Å². The monoisotopic (exact) mass is 339 g/mol. The smallest absolute Gasteiger partial charge is 0.322 e. The van der Waals surface area contributed by atoms with Gasteiger partial charge in [-0.05, 0) is 24.5 Å². The van der Waals surface area contributed by atoms with Gasteiger partial charge in [-0.3, -0.25) is 4.79 Å². The maximum atomic E-state index is 12.3. The third-order valence-corrected chi connectivity index (χ3v) is 5.28. The highest BCUT2D eigenvalue weighted by atomic mass is 35.5. The summed E-state index contributed by atoms with van der Waals surface area (Å²) in [6.45, 7) is 4.83. The van der Waals surface area contributed by atoms with E-state index >= 15 is 0 Å². The minimum absolute atomic E-state index is 0.0158. The number of carbonyl (C=O) groups is 1. The average Bonchev–Trinajstić information content (AvgIpc) is 2.30. The van der Waals surface area contributed by atoms with E-state index in [1.54, 1.807) is 26.8 Å². The number of hydrogen-bond donors (Lipinski definition) is 2. The Hall–Kier alpha value is -0.820. The zero-order chi connectivity index (χ0) is 15.7. The van der Waals surface area contributed by atoms with Crippen molar-refractivity contribution in [3.05, 3.63) is 27.7 Å². The van der Waals surface area contributed by atoms with E-state index in [0.717, 1.165) is 0 Å². The van der Waals surface area contributed by atoms with Gasteiger partial charge in [0, 0.05) is 0 Å². The van der Waals surface area contributed by atoms with Crippen LogP contribution in [0.4, 0.5) is 0 Å². The Balaban J connectivity index is 3.31. The predicted molar refractivity (Wildman–Crippen MR) is 77.8 cm³/mol. The number of carboxylic acid groups (broad SMARTS) is 1. The van der Waals surface area contributed by atoms with Gasteiger partial charge in [0.2, 0.25) is 10.0 Å². The lowest BCUT2D eigenvalue weighted by Gasteiger charge is -2.19. The molecule has 0 amide bonds. The van der Waals surface area contributed by atoms with Crippen molar-refractivity contribution in [1.29, 1.82) is 0 Å². The van der Waals surface area contributed by atoms with E-state index in [1.165, 1.54) is 6.07 Å². The van der Waals surface area contributed by atoms with Crippen LogP contribution in [0.2, 0.25) is 10.0 Å². The lowest BCUT2D eigenvalue weighted by atomic mass is 10.1. The van der Waals surface area contributed by atoms with Gasteiger partial charge in [-0.25, -0.2) is 8.42 Å². The molecule has 0 saturated heterocycles. The SMILES string of the molecule is Cc1ccc(Cl)c(S(=O)(=O)N[C@H](C(=O)O)C(C)C)c1Cl. The molecule has 0 heterocycles. The van der Waals surface area contributed by atoms with Crippen molar-refractivity contribution in [1.82, 2.24) is 4.72 Å². The molecule has 8 heteroatoms. The molecule has 0 aromatic heterocycles. The largest absolute Gasteiger partial charge is 0.480 e. The average molecular weight is 340 g/mol. The first-order valence-corrected chi connectivity index (χ1v) is 8.01. The summed E-state index contributed by atoms with van der Waals surface area (Å²) < 4.78 is 26.7. The zero-order valence-corrected chi connectivity index (χ0v) is 13.5. The molecule has 0 aliphatic heterocycles. The predicted octanol–water partition coefficient (Wildman–Crippen LogP) is 2.69. The molecule has 0 unspecified atom stereocenters. The van der Waals surface area contributed by atoms with Crippen LogP contribution in [0.25, 0.3) is 0 Å². The van der Waals surface area contributed by atoms with Gasteiger partial charge in [0.1, 0.15) is 10.9 Å². The van der Waals surface area contributed by atoms with E-state index in [0.29, 0.717) is 5.56 Å². The Bertz CT molecular complexity index is 629. The van der Waals surface area contributed by atoms with Gasteiger partial charge in [-0.1, -0.05) is 43.1 Å². The Morgan fingerprint density at radius 1 is 1.30 bits per heavy atom.